The molecule has 0 aromatic heterocycles. The Labute approximate surface area is 168 Å². The summed E-state index contributed by atoms with van der Waals surface area (Å²) in [5, 5.41) is 25.9. The van der Waals surface area contributed by atoms with Gasteiger partial charge in [-0.1, -0.05) is 0 Å². The number of ether oxygens (including phenoxy) is 6. The van der Waals surface area contributed by atoms with Gasteiger partial charge in [0.2, 0.25) is 0 Å². The van der Waals surface area contributed by atoms with Crippen molar-refractivity contribution in [3.8, 4) is 0 Å². The summed E-state index contributed by atoms with van der Waals surface area (Å²) in [6, 6.07) is 0. The summed E-state index contributed by atoms with van der Waals surface area (Å²) < 4.78 is 32.1. The van der Waals surface area contributed by atoms with Crippen LogP contribution < -0.4 is 4.90 Å². The Hall–Kier alpha value is -0.400. The molecule has 4 N–H and O–H groups in total. The lowest BCUT2D eigenvalue weighted by Crippen LogP contribution is -3.13. The Morgan fingerprint density at radius 3 is 0.857 bits per heavy atom. The second kappa shape index (κ2) is 24.6. The molecule has 0 atom stereocenters. The van der Waals surface area contributed by atoms with E-state index in [1.165, 1.54) is 4.90 Å². The van der Waals surface area contributed by atoms with Crippen molar-refractivity contribution >= 4 is 0 Å². The van der Waals surface area contributed by atoms with Gasteiger partial charge in [0.25, 0.3) is 0 Å². The van der Waals surface area contributed by atoms with E-state index in [0.717, 1.165) is 19.6 Å². The minimum Gasteiger partial charge on any atom is -0.394 e. The average Bonchev–Trinajstić information content (AvgIpc) is 2.71. The SMILES string of the molecule is OCCOCCOCC[NH+](CCOCCOCCO)CCOCCOCCO. The van der Waals surface area contributed by atoms with E-state index in [2.05, 4.69) is 0 Å². The topological polar surface area (TPSA) is 121 Å². The molecule has 10 nitrogen and oxygen atoms in total. The van der Waals surface area contributed by atoms with Gasteiger partial charge in [-0.25, -0.2) is 0 Å². The number of aliphatic hydroxyl groups is 3. The van der Waals surface area contributed by atoms with E-state index in [-0.39, 0.29) is 19.8 Å². The van der Waals surface area contributed by atoms with E-state index in [1.54, 1.807) is 0 Å². The molecule has 170 valence electrons. The van der Waals surface area contributed by atoms with Crippen LogP contribution >= 0.6 is 0 Å². The summed E-state index contributed by atoms with van der Waals surface area (Å²) in [5.41, 5.74) is 0. The van der Waals surface area contributed by atoms with Crippen LogP contribution in [0.15, 0.2) is 0 Å². The van der Waals surface area contributed by atoms with Crippen molar-refractivity contribution in [3.63, 3.8) is 0 Å². The van der Waals surface area contributed by atoms with Crippen molar-refractivity contribution in [2.24, 2.45) is 0 Å². The highest BCUT2D eigenvalue weighted by molar-refractivity contribution is 4.38. The molecule has 10 heteroatoms. The molecule has 0 aliphatic carbocycles. The minimum atomic E-state index is 0.0218. The molecule has 0 fully saturated rings. The Morgan fingerprint density at radius 2 is 0.607 bits per heavy atom. The lowest BCUT2D eigenvalue weighted by Gasteiger charge is -2.19. The second-order valence-corrected chi connectivity index (χ2v) is 5.85. The molecular formula is C18H40NO9+. The van der Waals surface area contributed by atoms with Crippen LogP contribution in [0.4, 0.5) is 0 Å². The fraction of sp³-hybridized carbons (Fsp3) is 1.00. The first-order chi connectivity index (χ1) is 13.8. The molecule has 0 amide bonds. The Morgan fingerprint density at radius 1 is 0.357 bits per heavy atom. The summed E-state index contributed by atoms with van der Waals surface area (Å²) in [7, 11) is 0. The first kappa shape index (κ1) is 27.6. The van der Waals surface area contributed by atoms with E-state index in [1.807, 2.05) is 0 Å². The van der Waals surface area contributed by atoms with E-state index >= 15 is 0 Å². The minimum absolute atomic E-state index is 0.0218. The number of quaternary nitrogens is 1. The van der Waals surface area contributed by atoms with Gasteiger partial charge in [0.1, 0.15) is 19.6 Å². The lowest BCUT2D eigenvalue weighted by molar-refractivity contribution is -0.901. The van der Waals surface area contributed by atoms with E-state index < -0.39 is 0 Å². The van der Waals surface area contributed by atoms with Crippen LogP contribution in [0.5, 0.6) is 0 Å². The van der Waals surface area contributed by atoms with Crippen molar-refractivity contribution in [1.29, 1.82) is 0 Å². The number of hydrogen-bond donors (Lipinski definition) is 4. The van der Waals surface area contributed by atoms with Crippen LogP contribution in [0.1, 0.15) is 0 Å². The molecule has 0 radical (unpaired) electrons. The third-order valence-electron chi connectivity index (χ3n) is 3.62. The first-order valence-electron chi connectivity index (χ1n) is 9.97. The molecule has 0 bridgehead atoms. The molecule has 0 aliphatic rings. The van der Waals surface area contributed by atoms with Gasteiger partial charge in [-0.15, -0.1) is 0 Å². The Kier molecular flexibility index (Phi) is 24.3. The van der Waals surface area contributed by atoms with Gasteiger partial charge < -0.3 is 48.6 Å². The summed E-state index contributed by atoms with van der Waals surface area (Å²) in [5.74, 6) is 0. The van der Waals surface area contributed by atoms with Crippen LogP contribution in [-0.2, 0) is 28.4 Å². The van der Waals surface area contributed by atoms with Gasteiger partial charge in [0.15, 0.2) is 0 Å². The molecule has 0 spiro atoms. The number of rotatable bonds is 24. The van der Waals surface area contributed by atoms with Gasteiger partial charge >= 0.3 is 0 Å². The number of nitrogens with one attached hydrogen (secondary N) is 1. The molecule has 0 unspecified atom stereocenters. The Balaban J connectivity index is 3.80. The number of aliphatic hydroxyl groups excluding tert-OH is 3. The zero-order chi connectivity index (χ0) is 20.5. The third-order valence-corrected chi connectivity index (χ3v) is 3.62. The largest absolute Gasteiger partial charge is 0.394 e. The predicted octanol–water partition coefficient (Wildman–Crippen LogP) is -3.05. The second-order valence-electron chi connectivity index (χ2n) is 5.85. The predicted molar refractivity (Wildman–Crippen MR) is 102 cm³/mol. The molecule has 0 aromatic rings. The van der Waals surface area contributed by atoms with Crippen LogP contribution in [0.2, 0.25) is 0 Å². The maximum absolute atomic E-state index is 8.64. The lowest BCUT2D eigenvalue weighted by atomic mass is 10.4. The van der Waals surface area contributed by atoms with Crippen LogP contribution in [0, 0.1) is 0 Å². The molecule has 0 rings (SSSR count). The normalized spacial score (nSPS) is 11.6. The standard InChI is InChI=1S/C18H39NO9/c20-4-10-26-16-13-23-7-1-19(2-8-24-14-17-27-11-5-21)3-9-25-15-18-28-12-6-22/h20-22H,1-18H2/p+1. The summed E-state index contributed by atoms with van der Waals surface area (Å²) >= 11 is 0. The van der Waals surface area contributed by atoms with E-state index in [9.17, 15) is 0 Å². The monoisotopic (exact) mass is 414 g/mol. The van der Waals surface area contributed by atoms with Gasteiger partial charge in [0.05, 0.1) is 99.1 Å². The zero-order valence-electron chi connectivity index (χ0n) is 17.0. The van der Waals surface area contributed by atoms with Gasteiger partial charge in [-0.3, -0.25) is 0 Å². The van der Waals surface area contributed by atoms with Crippen molar-refractivity contribution < 1.29 is 48.6 Å². The molecule has 0 saturated heterocycles. The summed E-state index contributed by atoms with van der Waals surface area (Å²) in [4.78, 5) is 1.31. The third kappa shape index (κ3) is 21.9. The highest BCUT2D eigenvalue weighted by Gasteiger charge is 2.09. The summed E-state index contributed by atoms with van der Waals surface area (Å²) in [6.07, 6.45) is 0. The first-order valence-corrected chi connectivity index (χ1v) is 9.97. The molecule has 28 heavy (non-hydrogen) atoms. The van der Waals surface area contributed by atoms with Gasteiger partial charge in [-0.05, 0) is 0 Å². The molecular weight excluding hydrogens is 374 g/mol. The van der Waals surface area contributed by atoms with Crippen molar-refractivity contribution in [3.05, 3.63) is 0 Å². The average molecular weight is 415 g/mol. The highest BCUT2D eigenvalue weighted by Crippen LogP contribution is 1.80. The van der Waals surface area contributed by atoms with E-state index in [0.29, 0.717) is 79.3 Å². The maximum Gasteiger partial charge on any atom is 0.101 e. The number of hydrogen-bond acceptors (Lipinski definition) is 9. The van der Waals surface area contributed by atoms with E-state index in [4.69, 9.17) is 43.7 Å². The maximum atomic E-state index is 8.64. The molecule has 0 heterocycles. The summed E-state index contributed by atoms with van der Waals surface area (Å²) in [6.45, 7) is 8.31. The van der Waals surface area contributed by atoms with Crippen molar-refractivity contribution in [2.45, 2.75) is 0 Å². The Bertz CT molecular complexity index is 245. The van der Waals surface area contributed by atoms with Crippen molar-refractivity contribution in [1.82, 2.24) is 0 Å². The highest BCUT2D eigenvalue weighted by atomic mass is 16.5. The van der Waals surface area contributed by atoms with Crippen LogP contribution in [0.3, 0.4) is 0 Å². The smallest absolute Gasteiger partial charge is 0.101 e. The fourth-order valence-electron chi connectivity index (χ4n) is 2.18. The van der Waals surface area contributed by atoms with Crippen LogP contribution in [-0.4, -0.2) is 134 Å². The molecule has 0 aromatic carbocycles. The zero-order valence-corrected chi connectivity index (χ0v) is 17.0. The van der Waals surface area contributed by atoms with Crippen molar-refractivity contribution in [2.75, 3.05) is 119 Å². The quantitative estimate of drug-likeness (QED) is 0.122. The van der Waals surface area contributed by atoms with Gasteiger partial charge in [0, 0.05) is 0 Å². The fourth-order valence-corrected chi connectivity index (χ4v) is 2.18. The molecule has 0 aliphatic heterocycles. The van der Waals surface area contributed by atoms with Gasteiger partial charge in [-0.2, -0.15) is 0 Å². The van der Waals surface area contributed by atoms with Crippen LogP contribution in [0.25, 0.3) is 0 Å². The molecule has 0 saturated carbocycles.